The topological polar surface area (TPSA) is 107 Å². The maximum Gasteiger partial charge on any atom is 0.338 e. The second-order valence-electron chi connectivity index (χ2n) is 12.6. The van der Waals surface area contributed by atoms with E-state index in [9.17, 15) is 4.79 Å². The van der Waals surface area contributed by atoms with Crippen LogP contribution in [0.2, 0.25) is 0 Å². The molecule has 8 heteroatoms. The van der Waals surface area contributed by atoms with Crippen LogP contribution < -0.4 is 10.5 Å². The Morgan fingerprint density at radius 2 is 1.76 bits per heavy atom. The number of nitrogens with one attached hydrogen (secondary N) is 1. The van der Waals surface area contributed by atoms with Gasteiger partial charge in [-0.1, -0.05) is 70.9 Å². The second kappa shape index (κ2) is 13.8. The Bertz CT molecular complexity index is 1820. The van der Waals surface area contributed by atoms with Crippen LogP contribution in [0, 0.1) is 11.2 Å². The van der Waals surface area contributed by atoms with E-state index in [1.54, 1.807) is 30.3 Å². The molecule has 4 aromatic carbocycles. The Hall–Kier alpha value is -4.56. The van der Waals surface area contributed by atoms with Gasteiger partial charge in [0.05, 0.1) is 12.2 Å². The lowest BCUT2D eigenvalue weighted by Crippen LogP contribution is -2.17. The molecule has 0 saturated heterocycles. The molecule has 0 aromatic heterocycles. The van der Waals surface area contributed by atoms with E-state index in [1.165, 1.54) is 11.6 Å². The average molecular weight is 624 g/mol. The van der Waals surface area contributed by atoms with Crippen molar-refractivity contribution in [1.82, 2.24) is 0 Å². The van der Waals surface area contributed by atoms with Gasteiger partial charge in [-0.25, -0.2) is 14.2 Å². The van der Waals surface area contributed by atoms with Gasteiger partial charge in [-0.15, -0.1) is 0 Å². The summed E-state index contributed by atoms with van der Waals surface area (Å²) in [5.74, 6) is 0.00615. The smallest absolute Gasteiger partial charge is 0.338 e. The Morgan fingerprint density at radius 1 is 0.978 bits per heavy atom. The van der Waals surface area contributed by atoms with Gasteiger partial charge in [0.1, 0.15) is 29.8 Å². The number of nitrogens with two attached hydrogens (primary N) is 1. The van der Waals surface area contributed by atoms with E-state index < -0.39 is 17.2 Å². The molecule has 0 unspecified atom stereocenters. The zero-order chi connectivity index (χ0) is 33.0. The molecule has 0 fully saturated rings. The first-order valence-electron chi connectivity index (χ1n) is 15.9. The zero-order valence-electron chi connectivity index (χ0n) is 27.3. The lowest BCUT2D eigenvalue weighted by molar-refractivity contribution is 0.0335. The number of esters is 1. The zero-order valence-corrected chi connectivity index (χ0v) is 27.3. The number of unbranched alkanes of at least 4 members (excludes halogenated alkanes) is 2. The molecular formula is C38H42FN3O4. The number of aryl methyl sites for hydroxylation is 1. The summed E-state index contributed by atoms with van der Waals surface area (Å²) in [5, 5.41) is 9.79. The summed E-state index contributed by atoms with van der Waals surface area (Å²) in [6, 6.07) is 18.2. The number of hydrogen-bond donors (Lipinski definition) is 2. The highest BCUT2D eigenvalue weighted by molar-refractivity contribution is 6.27. The van der Waals surface area contributed by atoms with Gasteiger partial charge in [-0.05, 0) is 72.0 Å². The predicted molar refractivity (Wildman–Crippen MR) is 182 cm³/mol. The van der Waals surface area contributed by atoms with Gasteiger partial charge < -0.3 is 19.9 Å². The van der Waals surface area contributed by atoms with Crippen LogP contribution in [0.1, 0.15) is 86.5 Å². The number of nitrogens with zero attached hydrogens (tertiary/aromatic N) is 1. The van der Waals surface area contributed by atoms with Gasteiger partial charge in [0.15, 0.2) is 5.84 Å². The monoisotopic (exact) mass is 623 g/mol. The fraction of sp³-hybridized carbons (Fsp3) is 0.342. The van der Waals surface area contributed by atoms with E-state index in [1.807, 2.05) is 39.8 Å². The van der Waals surface area contributed by atoms with Crippen molar-refractivity contribution in [3.8, 4) is 22.6 Å². The number of halogens is 1. The van der Waals surface area contributed by atoms with Gasteiger partial charge in [0, 0.05) is 34.2 Å². The predicted octanol–water partition coefficient (Wildman–Crippen LogP) is 8.71. The molecule has 0 saturated carbocycles. The second-order valence-corrected chi connectivity index (χ2v) is 12.6. The van der Waals surface area contributed by atoms with Crippen LogP contribution in [0.15, 0.2) is 65.7 Å². The number of amidine groups is 2. The molecule has 5 rings (SSSR count). The third-order valence-electron chi connectivity index (χ3n) is 8.07. The molecule has 46 heavy (non-hydrogen) atoms. The van der Waals surface area contributed by atoms with Crippen LogP contribution in [0.5, 0.6) is 11.5 Å². The van der Waals surface area contributed by atoms with Crippen LogP contribution in [0.3, 0.4) is 0 Å². The molecule has 0 radical (unpaired) electrons. The minimum Gasteiger partial charge on any atom is -0.460 e. The molecule has 0 bridgehead atoms. The van der Waals surface area contributed by atoms with Crippen LogP contribution in [-0.2, 0) is 21.3 Å². The van der Waals surface area contributed by atoms with E-state index >= 15 is 4.39 Å². The highest BCUT2D eigenvalue weighted by atomic mass is 19.1. The summed E-state index contributed by atoms with van der Waals surface area (Å²) in [7, 11) is 0. The van der Waals surface area contributed by atoms with Crippen molar-refractivity contribution >= 4 is 28.4 Å². The molecule has 0 aliphatic carbocycles. The highest BCUT2D eigenvalue weighted by Crippen LogP contribution is 2.48. The van der Waals surface area contributed by atoms with Crippen molar-refractivity contribution in [1.29, 1.82) is 5.41 Å². The van der Waals surface area contributed by atoms with Crippen LogP contribution >= 0.6 is 0 Å². The largest absolute Gasteiger partial charge is 0.460 e. The van der Waals surface area contributed by atoms with Gasteiger partial charge >= 0.3 is 5.97 Å². The Morgan fingerprint density at radius 3 is 2.50 bits per heavy atom. The van der Waals surface area contributed by atoms with Crippen molar-refractivity contribution in [3.05, 3.63) is 94.3 Å². The Kier molecular flexibility index (Phi) is 9.87. The van der Waals surface area contributed by atoms with Crippen LogP contribution in [0.25, 0.3) is 21.9 Å². The average Bonchev–Trinajstić information content (AvgIpc) is 3.30. The Labute approximate surface area is 270 Å². The number of hydrogen-bond acceptors (Lipinski definition) is 6. The highest BCUT2D eigenvalue weighted by Gasteiger charge is 2.32. The summed E-state index contributed by atoms with van der Waals surface area (Å²) < 4.78 is 33.5. The molecule has 7 nitrogen and oxygen atoms in total. The molecule has 1 heterocycles. The molecule has 1 aliphatic rings. The summed E-state index contributed by atoms with van der Waals surface area (Å²) in [6.07, 6.45) is 4.25. The molecule has 1 aliphatic heterocycles. The number of carbonyl (C=O) groups is 1. The van der Waals surface area contributed by atoms with Crippen molar-refractivity contribution in [2.75, 3.05) is 19.8 Å². The lowest BCUT2D eigenvalue weighted by Gasteiger charge is -2.27. The number of benzene rings is 4. The standard InChI is InChI=1S/C38H42FN3O4/c1-6-8-9-12-23-13-10-14-24(19-23)30-31-26(21-28-32(30)36(41)42-35(28)40)22-29(39)33(38(3,4)5)34(31)46-27-16-11-15-25(20-27)37(43)45-18-17-44-7-2/h10-11,13-16,19-22H,6-9,12,17-18H2,1-5H3,(H3,40,41,42). The number of fused-ring (bicyclic) bond motifs is 2. The van der Waals surface area contributed by atoms with Crippen LogP contribution in [0.4, 0.5) is 4.39 Å². The van der Waals surface area contributed by atoms with Crippen LogP contribution in [-0.4, -0.2) is 37.5 Å². The molecule has 0 spiro atoms. The fourth-order valence-corrected chi connectivity index (χ4v) is 5.97. The summed E-state index contributed by atoms with van der Waals surface area (Å²) in [4.78, 5) is 17.1. The first-order chi connectivity index (χ1) is 22.0. The van der Waals surface area contributed by atoms with Gasteiger partial charge in [0.2, 0.25) is 0 Å². The number of aliphatic imine (C=N–C) groups is 1. The third kappa shape index (κ3) is 6.82. The summed E-state index contributed by atoms with van der Waals surface area (Å²) >= 11 is 0. The molecule has 4 aromatic rings. The van der Waals surface area contributed by atoms with Gasteiger partial charge in [0.25, 0.3) is 0 Å². The molecule has 3 N–H and O–H groups in total. The quantitative estimate of drug-likeness (QED) is 0.121. The SMILES string of the molecule is CCCCCc1cccc(-c2c3c(cc4cc(F)c(C(C)(C)C)c(Oc5cccc(C(=O)OCCOCC)c5)c24)C(=N)N=C3N)c1. The molecule has 240 valence electrons. The van der Waals surface area contributed by atoms with E-state index in [4.69, 9.17) is 25.4 Å². The normalized spacial score (nSPS) is 12.7. The minimum atomic E-state index is -0.659. The maximum atomic E-state index is 16.2. The van der Waals surface area contributed by atoms with E-state index in [2.05, 4.69) is 24.0 Å². The van der Waals surface area contributed by atoms with Crippen molar-refractivity contribution in [2.24, 2.45) is 10.7 Å². The number of rotatable bonds is 12. The van der Waals surface area contributed by atoms with E-state index in [0.29, 0.717) is 57.7 Å². The van der Waals surface area contributed by atoms with Gasteiger partial charge in [-0.2, -0.15) is 0 Å². The van der Waals surface area contributed by atoms with E-state index in [-0.39, 0.29) is 18.3 Å². The van der Waals surface area contributed by atoms with Crippen molar-refractivity contribution < 1.29 is 23.4 Å². The lowest BCUT2D eigenvalue weighted by atomic mass is 9.81. The maximum absolute atomic E-state index is 16.2. The van der Waals surface area contributed by atoms with Gasteiger partial charge in [-0.3, -0.25) is 5.41 Å². The first kappa shape index (κ1) is 32.8. The van der Waals surface area contributed by atoms with Crippen molar-refractivity contribution in [3.63, 3.8) is 0 Å². The first-order valence-corrected chi connectivity index (χ1v) is 15.9. The number of carbonyl (C=O) groups excluding carboxylic acids is 1. The summed E-state index contributed by atoms with van der Waals surface area (Å²) in [6.45, 7) is 10.8. The minimum absolute atomic E-state index is 0.0353. The molecular weight excluding hydrogens is 581 g/mol. The summed E-state index contributed by atoms with van der Waals surface area (Å²) in [5.41, 5.74) is 10.5. The van der Waals surface area contributed by atoms with E-state index in [0.717, 1.165) is 36.8 Å². The fourth-order valence-electron chi connectivity index (χ4n) is 5.97. The Balaban J connectivity index is 1.74. The number of ether oxygens (including phenoxy) is 3. The van der Waals surface area contributed by atoms with Crippen molar-refractivity contribution in [2.45, 2.75) is 65.7 Å². The molecule has 0 amide bonds. The molecule has 0 atom stereocenters. The third-order valence-corrected chi connectivity index (χ3v) is 8.07.